The molecule has 0 bridgehead atoms. The minimum absolute atomic E-state index is 0.0263. The van der Waals surface area contributed by atoms with Gasteiger partial charge in [0, 0.05) is 24.7 Å². The zero-order valence-electron chi connectivity index (χ0n) is 12.9. The van der Waals surface area contributed by atoms with E-state index in [-0.39, 0.29) is 11.9 Å². The molecule has 1 saturated carbocycles. The summed E-state index contributed by atoms with van der Waals surface area (Å²) in [5, 5.41) is 6.29. The number of amides is 1. The van der Waals surface area contributed by atoms with Gasteiger partial charge in [0.15, 0.2) is 0 Å². The van der Waals surface area contributed by atoms with Gasteiger partial charge in [-0.25, -0.2) is 0 Å². The average Bonchev–Trinajstić information content (AvgIpc) is 3.16. The van der Waals surface area contributed by atoms with Crippen LogP contribution < -0.4 is 10.6 Å². The highest BCUT2D eigenvalue weighted by Crippen LogP contribution is 2.51. The lowest BCUT2D eigenvalue weighted by molar-refractivity contribution is -0.122. The lowest BCUT2D eigenvalue weighted by Crippen LogP contribution is -2.39. The van der Waals surface area contributed by atoms with Crippen LogP contribution in [-0.4, -0.2) is 24.7 Å². The van der Waals surface area contributed by atoms with Crippen LogP contribution in [-0.2, 0) is 4.79 Å². The van der Waals surface area contributed by atoms with E-state index in [2.05, 4.69) is 28.8 Å². The zero-order chi connectivity index (χ0) is 15.6. The average molecular weight is 297 g/mol. The second kappa shape index (κ2) is 6.05. The molecule has 116 valence electrons. The van der Waals surface area contributed by atoms with Crippen molar-refractivity contribution in [2.75, 3.05) is 6.54 Å². The van der Waals surface area contributed by atoms with Crippen LogP contribution in [0.25, 0.3) is 0 Å². The Balaban J connectivity index is 1.61. The third kappa shape index (κ3) is 3.28. The van der Waals surface area contributed by atoms with Gasteiger partial charge in [-0.2, -0.15) is 0 Å². The first-order valence-electron chi connectivity index (χ1n) is 7.90. The van der Waals surface area contributed by atoms with Gasteiger partial charge in [-0.15, -0.1) is 0 Å². The molecule has 2 N–H and O–H groups in total. The van der Waals surface area contributed by atoms with Crippen molar-refractivity contribution in [1.82, 2.24) is 10.6 Å². The predicted molar refractivity (Wildman–Crippen MR) is 89.4 cm³/mol. The van der Waals surface area contributed by atoms with Crippen molar-refractivity contribution in [3.05, 3.63) is 48.4 Å². The van der Waals surface area contributed by atoms with Crippen LogP contribution >= 0.6 is 0 Å². The summed E-state index contributed by atoms with van der Waals surface area (Å²) < 4.78 is 0. The molecular weight excluding hydrogens is 274 g/mol. The number of allylic oxidation sites excluding steroid dienone is 4. The Hall–Kier alpha value is -1.94. The molecule has 1 amide bonds. The fourth-order valence-corrected chi connectivity index (χ4v) is 3.06. The van der Waals surface area contributed by atoms with Gasteiger partial charge in [0.2, 0.25) is 5.91 Å². The first-order valence-corrected chi connectivity index (χ1v) is 7.90. The van der Waals surface area contributed by atoms with Gasteiger partial charge in [0.25, 0.3) is 0 Å². The Kier molecular flexibility index (Phi) is 4.12. The van der Waals surface area contributed by atoms with E-state index in [0.717, 1.165) is 37.0 Å². The van der Waals surface area contributed by atoms with Crippen LogP contribution in [0.4, 0.5) is 0 Å². The van der Waals surface area contributed by atoms with Gasteiger partial charge >= 0.3 is 0 Å². The van der Waals surface area contributed by atoms with Crippen molar-refractivity contribution in [1.29, 1.82) is 0 Å². The molecule has 3 aliphatic rings. The second-order valence-corrected chi connectivity index (χ2v) is 6.48. The lowest BCUT2D eigenvalue weighted by atomic mass is 10.0. The summed E-state index contributed by atoms with van der Waals surface area (Å²) in [4.78, 5) is 16.5. The monoisotopic (exact) mass is 297 g/mol. The summed E-state index contributed by atoms with van der Waals surface area (Å²) in [6, 6.07) is -0.0855. The largest absolute Gasteiger partial charge is 0.325 e. The number of nitrogens with one attached hydrogen (secondary N) is 2. The first-order chi connectivity index (χ1) is 10.6. The Morgan fingerprint density at radius 3 is 2.91 bits per heavy atom. The van der Waals surface area contributed by atoms with Gasteiger partial charge in [-0.05, 0) is 60.8 Å². The minimum atomic E-state index is -0.0855. The van der Waals surface area contributed by atoms with E-state index in [1.165, 1.54) is 12.8 Å². The Morgan fingerprint density at radius 2 is 2.32 bits per heavy atom. The molecular formula is C18H23N3O. The highest BCUT2D eigenvalue weighted by atomic mass is 16.2. The number of carbonyl (C=O) groups excluding carboxylic acids is 1. The summed E-state index contributed by atoms with van der Waals surface area (Å²) in [6.07, 6.45) is 12.6. The normalized spacial score (nSPS) is 25.7. The first kappa shape index (κ1) is 15.0. The topological polar surface area (TPSA) is 53.5 Å². The van der Waals surface area contributed by atoms with E-state index in [1.807, 2.05) is 18.5 Å². The SMILES string of the molecule is C=C/C(=C\C(=C)C1=CN=CCC1)NC(=O)C1CC2(CC2)CN1. The highest BCUT2D eigenvalue weighted by Gasteiger charge is 2.49. The van der Waals surface area contributed by atoms with Crippen molar-refractivity contribution < 1.29 is 4.79 Å². The predicted octanol–water partition coefficient (Wildman–Crippen LogP) is 2.62. The minimum Gasteiger partial charge on any atom is -0.325 e. The van der Waals surface area contributed by atoms with Crippen LogP contribution in [0, 0.1) is 5.41 Å². The molecule has 0 aromatic carbocycles. The number of rotatable bonds is 5. The third-order valence-corrected chi connectivity index (χ3v) is 4.74. The molecule has 1 unspecified atom stereocenters. The molecule has 1 aliphatic carbocycles. The molecule has 4 nitrogen and oxygen atoms in total. The van der Waals surface area contributed by atoms with E-state index in [4.69, 9.17) is 0 Å². The molecule has 2 fully saturated rings. The smallest absolute Gasteiger partial charge is 0.241 e. The van der Waals surface area contributed by atoms with Crippen molar-refractivity contribution >= 4 is 12.1 Å². The third-order valence-electron chi connectivity index (χ3n) is 4.74. The van der Waals surface area contributed by atoms with Crippen LogP contribution in [0.2, 0.25) is 0 Å². The van der Waals surface area contributed by atoms with E-state index in [9.17, 15) is 4.79 Å². The van der Waals surface area contributed by atoms with Crippen molar-refractivity contribution in [2.45, 2.75) is 38.1 Å². The maximum absolute atomic E-state index is 12.4. The number of hydrogen-bond acceptors (Lipinski definition) is 3. The summed E-state index contributed by atoms with van der Waals surface area (Å²) in [5.41, 5.74) is 3.09. The maximum Gasteiger partial charge on any atom is 0.241 e. The zero-order valence-corrected chi connectivity index (χ0v) is 12.9. The number of carbonyl (C=O) groups is 1. The quantitative estimate of drug-likeness (QED) is 0.766. The maximum atomic E-state index is 12.4. The summed E-state index contributed by atoms with van der Waals surface area (Å²) in [6.45, 7) is 8.83. The molecule has 2 heterocycles. The number of hydrogen-bond donors (Lipinski definition) is 2. The van der Waals surface area contributed by atoms with Crippen LogP contribution in [0.5, 0.6) is 0 Å². The molecule has 1 atom stereocenters. The Bertz CT molecular complexity index is 593. The molecule has 1 saturated heterocycles. The van der Waals surface area contributed by atoms with Gasteiger partial charge in [-0.3, -0.25) is 9.79 Å². The van der Waals surface area contributed by atoms with Crippen LogP contribution in [0.3, 0.4) is 0 Å². The molecule has 0 radical (unpaired) electrons. The van der Waals surface area contributed by atoms with E-state index < -0.39 is 0 Å². The van der Waals surface area contributed by atoms with Crippen LogP contribution in [0.15, 0.2) is 53.3 Å². The summed E-state index contributed by atoms with van der Waals surface area (Å²) in [5.74, 6) is 0.0263. The van der Waals surface area contributed by atoms with Crippen molar-refractivity contribution in [3.8, 4) is 0 Å². The molecule has 0 aromatic rings. The van der Waals surface area contributed by atoms with Gasteiger partial charge in [0.1, 0.15) is 0 Å². The van der Waals surface area contributed by atoms with Crippen molar-refractivity contribution in [3.63, 3.8) is 0 Å². The second-order valence-electron chi connectivity index (χ2n) is 6.48. The van der Waals surface area contributed by atoms with Gasteiger partial charge in [-0.1, -0.05) is 13.2 Å². The fourth-order valence-electron chi connectivity index (χ4n) is 3.06. The summed E-state index contributed by atoms with van der Waals surface area (Å²) >= 11 is 0. The van der Waals surface area contributed by atoms with Gasteiger partial charge in [0.05, 0.1) is 6.04 Å². The van der Waals surface area contributed by atoms with E-state index >= 15 is 0 Å². The van der Waals surface area contributed by atoms with E-state index in [0.29, 0.717) is 11.1 Å². The summed E-state index contributed by atoms with van der Waals surface area (Å²) in [7, 11) is 0. The molecule has 22 heavy (non-hydrogen) atoms. The molecule has 4 heteroatoms. The lowest BCUT2D eigenvalue weighted by Gasteiger charge is -2.14. The molecule has 0 aromatic heterocycles. The molecule has 1 spiro atoms. The molecule has 3 rings (SSSR count). The standard InChI is InChI=1S/C18H23N3O/c1-3-15(9-13(2)14-5-4-8-19-11-14)21-17(22)16-10-18(6-7-18)12-20-16/h3,8-9,11,16,20H,1-2,4-7,10,12H2,(H,21,22)/b15-9+. The number of nitrogens with zero attached hydrogens (tertiary/aromatic N) is 1. The van der Waals surface area contributed by atoms with Crippen LogP contribution in [0.1, 0.15) is 32.1 Å². The molecule has 2 aliphatic heterocycles. The fraction of sp³-hybridized carbons (Fsp3) is 0.444. The van der Waals surface area contributed by atoms with Crippen molar-refractivity contribution in [2.24, 2.45) is 10.4 Å². The van der Waals surface area contributed by atoms with E-state index in [1.54, 1.807) is 6.08 Å². The Morgan fingerprint density at radius 1 is 1.50 bits per heavy atom. The highest BCUT2D eigenvalue weighted by molar-refractivity contribution is 5.84. The van der Waals surface area contributed by atoms with Gasteiger partial charge < -0.3 is 10.6 Å². The number of aliphatic imine (C=N–C) groups is 1. The Labute approximate surface area is 131 Å².